The zero-order valence-corrected chi connectivity index (χ0v) is 13.3. The van der Waals surface area contributed by atoms with Crippen molar-refractivity contribution in [2.75, 3.05) is 39.8 Å². The van der Waals surface area contributed by atoms with Crippen molar-refractivity contribution >= 4 is 5.78 Å². The van der Waals surface area contributed by atoms with Crippen molar-refractivity contribution in [1.82, 2.24) is 15.1 Å². The fourth-order valence-corrected chi connectivity index (χ4v) is 2.38. The number of nitrogens with zero attached hydrogens (tertiary/aromatic N) is 2. The topological polar surface area (TPSA) is 35.6 Å². The maximum absolute atomic E-state index is 12.3. The molecule has 1 fully saturated rings. The Balaban J connectivity index is 0.00000361. The summed E-state index contributed by atoms with van der Waals surface area (Å²) in [4.78, 5) is 17.1. The number of carbonyl (C=O) groups is 1. The van der Waals surface area contributed by atoms with Gasteiger partial charge < -0.3 is 10.2 Å². The Labute approximate surface area is 120 Å². The number of hydrogen-bond acceptors (Lipinski definition) is 4. The summed E-state index contributed by atoms with van der Waals surface area (Å²) >= 11 is 0. The van der Waals surface area contributed by atoms with Gasteiger partial charge in [0, 0.05) is 46.1 Å². The average Bonchev–Trinajstić information content (AvgIpc) is 2.39. The molecule has 0 bridgehead atoms. The third-order valence-corrected chi connectivity index (χ3v) is 4.05. The van der Waals surface area contributed by atoms with Gasteiger partial charge in [-0.05, 0) is 20.4 Å². The van der Waals surface area contributed by atoms with E-state index in [0.29, 0.717) is 11.8 Å². The Bertz CT molecular complexity index is 278. The largest absolute Gasteiger partial charge is 0.304 e. The maximum atomic E-state index is 12.3. The molecule has 1 saturated heterocycles. The van der Waals surface area contributed by atoms with Crippen LogP contribution in [0.4, 0.5) is 0 Å². The first kappa shape index (κ1) is 16.6. The molecule has 4 nitrogen and oxygen atoms in total. The maximum Gasteiger partial charge on any atom is 0.153 e. The molecule has 0 radical (unpaired) electrons. The van der Waals surface area contributed by atoms with Gasteiger partial charge in [0.15, 0.2) is 5.78 Å². The molecule has 0 amide bonds. The molecule has 0 saturated carbocycles. The third kappa shape index (κ3) is 5.59. The summed E-state index contributed by atoms with van der Waals surface area (Å²) in [5.74, 6) is 0.452. The van der Waals surface area contributed by atoms with E-state index in [4.69, 9.17) is 0 Å². The van der Waals surface area contributed by atoms with E-state index < -0.39 is 0 Å². The van der Waals surface area contributed by atoms with Crippen LogP contribution >= 0.6 is 0 Å². The Morgan fingerprint density at radius 2 is 1.79 bits per heavy atom. The summed E-state index contributed by atoms with van der Waals surface area (Å²) < 4.78 is 0. The van der Waals surface area contributed by atoms with Crippen molar-refractivity contribution in [2.24, 2.45) is 5.92 Å². The van der Waals surface area contributed by atoms with Crippen molar-refractivity contribution in [2.45, 2.75) is 46.2 Å². The molecule has 1 heterocycles. The second kappa shape index (κ2) is 7.98. The molecule has 114 valence electrons. The average molecular weight is 271 g/mol. The van der Waals surface area contributed by atoms with Gasteiger partial charge in [-0.25, -0.2) is 0 Å². The predicted octanol–water partition coefficient (Wildman–Crippen LogP) is 1.46. The van der Waals surface area contributed by atoms with E-state index in [1.54, 1.807) is 0 Å². The van der Waals surface area contributed by atoms with E-state index in [1.165, 1.54) is 0 Å². The molecule has 4 heteroatoms. The van der Waals surface area contributed by atoms with Crippen molar-refractivity contribution < 1.29 is 6.22 Å². The van der Waals surface area contributed by atoms with Crippen LogP contribution in [0, 0.1) is 5.92 Å². The molecule has 2 atom stereocenters. The monoisotopic (exact) mass is 271 g/mol. The number of hydrogen-bond donors (Lipinski definition) is 1. The van der Waals surface area contributed by atoms with Crippen LogP contribution in [-0.4, -0.2) is 67.4 Å². The summed E-state index contributed by atoms with van der Waals surface area (Å²) in [6.45, 7) is 13.5. The number of likely N-dealkylation sites (N-methyl/N-ethyl adjacent to an activating group) is 1. The highest BCUT2D eigenvalue weighted by molar-refractivity contribution is 5.86. The van der Waals surface area contributed by atoms with Gasteiger partial charge in [0.05, 0.1) is 6.04 Å². The summed E-state index contributed by atoms with van der Waals surface area (Å²) in [5, 5.41) is 3.50. The van der Waals surface area contributed by atoms with Crippen LogP contribution in [0.3, 0.4) is 0 Å². The van der Waals surface area contributed by atoms with E-state index in [1.807, 2.05) is 13.8 Å². The number of rotatable bonds is 7. The van der Waals surface area contributed by atoms with Gasteiger partial charge in [-0.15, -0.1) is 0 Å². The summed E-state index contributed by atoms with van der Waals surface area (Å²) in [6.07, 6.45) is 1.06. The van der Waals surface area contributed by atoms with Gasteiger partial charge >= 0.3 is 0 Å². The highest BCUT2D eigenvalue weighted by Gasteiger charge is 2.26. The number of carbonyl (C=O) groups excluding carboxylic acids is 1. The zero-order chi connectivity index (χ0) is 14.4. The molecule has 1 aliphatic heterocycles. The molecule has 2 unspecified atom stereocenters. The molecule has 0 aromatic rings. The highest BCUT2D eigenvalue weighted by Crippen LogP contribution is 2.07. The zero-order valence-electron chi connectivity index (χ0n) is 13.3. The van der Waals surface area contributed by atoms with Gasteiger partial charge in [-0.2, -0.15) is 0 Å². The molecule has 1 rings (SSSR count). The first-order valence-corrected chi connectivity index (χ1v) is 7.64. The molecule has 0 aromatic heterocycles. The van der Waals surface area contributed by atoms with E-state index in [9.17, 15) is 4.79 Å². The lowest BCUT2D eigenvalue weighted by molar-refractivity contribution is -0.124. The summed E-state index contributed by atoms with van der Waals surface area (Å²) in [7, 11) is 2.16. The Kier molecular flexibility index (Phi) is 6.97. The van der Waals surface area contributed by atoms with Gasteiger partial charge in [-0.1, -0.05) is 20.8 Å². The third-order valence-electron chi connectivity index (χ3n) is 4.05. The van der Waals surface area contributed by atoms with Crippen LogP contribution in [0.1, 0.15) is 35.5 Å². The van der Waals surface area contributed by atoms with Crippen LogP contribution in [0.15, 0.2) is 0 Å². The number of nitrogens with one attached hydrogen (secondary N) is 1. The molecular formula is C15H33N3O. The SMILES string of the molecule is CCC(C)NC(CN1CCN(C)CC1)C(=O)C(C)C.[HH]. The lowest BCUT2D eigenvalue weighted by Gasteiger charge is -2.35. The first-order valence-electron chi connectivity index (χ1n) is 7.64. The molecule has 1 N–H and O–H groups in total. The van der Waals surface area contributed by atoms with E-state index in [-0.39, 0.29) is 13.4 Å². The molecule has 0 aromatic carbocycles. The minimum atomic E-state index is -0.0154. The van der Waals surface area contributed by atoms with Crippen molar-refractivity contribution in [3.05, 3.63) is 0 Å². The molecular weight excluding hydrogens is 238 g/mol. The molecule has 19 heavy (non-hydrogen) atoms. The van der Waals surface area contributed by atoms with Crippen LogP contribution in [0.2, 0.25) is 0 Å². The lowest BCUT2D eigenvalue weighted by Crippen LogP contribution is -2.54. The summed E-state index contributed by atoms with van der Waals surface area (Å²) in [5.41, 5.74) is 0. The Hall–Kier alpha value is -0.450. The standard InChI is InChI=1S/C15H31N3O.H2/c1-6-13(4)16-14(15(19)12(2)3)11-18-9-7-17(5)8-10-18;/h12-14,16H,6-11H2,1-5H3;1H. The Morgan fingerprint density at radius 3 is 2.26 bits per heavy atom. The van der Waals surface area contributed by atoms with Crippen molar-refractivity contribution in [1.29, 1.82) is 0 Å². The van der Waals surface area contributed by atoms with Gasteiger partial charge in [0.1, 0.15) is 0 Å². The lowest BCUT2D eigenvalue weighted by atomic mass is 10.00. The van der Waals surface area contributed by atoms with Crippen LogP contribution < -0.4 is 5.32 Å². The number of ketones is 1. The molecule has 0 spiro atoms. The van der Waals surface area contributed by atoms with Crippen LogP contribution in [0.5, 0.6) is 0 Å². The quantitative estimate of drug-likeness (QED) is 0.760. The van der Waals surface area contributed by atoms with Crippen molar-refractivity contribution in [3.8, 4) is 0 Å². The normalized spacial score (nSPS) is 21.6. The molecule has 1 aliphatic rings. The predicted molar refractivity (Wildman–Crippen MR) is 82.6 cm³/mol. The second-order valence-electron chi connectivity index (χ2n) is 6.19. The highest BCUT2D eigenvalue weighted by atomic mass is 16.1. The fourth-order valence-electron chi connectivity index (χ4n) is 2.38. The van der Waals surface area contributed by atoms with E-state index in [0.717, 1.165) is 39.1 Å². The van der Waals surface area contributed by atoms with Crippen molar-refractivity contribution in [3.63, 3.8) is 0 Å². The van der Waals surface area contributed by atoms with Gasteiger partial charge in [0.25, 0.3) is 0 Å². The van der Waals surface area contributed by atoms with Crippen LogP contribution in [-0.2, 0) is 4.79 Å². The smallest absolute Gasteiger partial charge is 0.153 e. The first-order chi connectivity index (χ1) is 8.93. The van der Waals surface area contributed by atoms with Crippen LogP contribution in [0.25, 0.3) is 0 Å². The minimum absolute atomic E-state index is 0. The number of Topliss-reactive ketones (excluding diaryl/α,β-unsaturated/α-hetero) is 1. The fraction of sp³-hybridized carbons (Fsp3) is 0.933. The van der Waals surface area contributed by atoms with Gasteiger partial charge in [0.2, 0.25) is 0 Å². The minimum Gasteiger partial charge on any atom is -0.304 e. The van der Waals surface area contributed by atoms with E-state index in [2.05, 4.69) is 36.0 Å². The number of piperazine rings is 1. The second-order valence-corrected chi connectivity index (χ2v) is 6.19. The Morgan fingerprint density at radius 1 is 1.21 bits per heavy atom. The van der Waals surface area contributed by atoms with Gasteiger partial charge in [-0.3, -0.25) is 9.69 Å². The van der Waals surface area contributed by atoms with E-state index >= 15 is 0 Å². The molecule has 0 aliphatic carbocycles. The summed E-state index contributed by atoms with van der Waals surface area (Å²) in [6, 6.07) is 0.388.